The van der Waals surface area contributed by atoms with E-state index in [-0.39, 0.29) is 12.2 Å². The number of hydrogen-bond acceptors (Lipinski definition) is 6. The van der Waals surface area contributed by atoms with Gasteiger partial charge in [-0.15, -0.1) is 11.8 Å². The third-order valence-corrected chi connectivity index (χ3v) is 4.59. The second-order valence-electron chi connectivity index (χ2n) is 5.47. The Kier molecular flexibility index (Phi) is 5.18. The summed E-state index contributed by atoms with van der Waals surface area (Å²) in [4.78, 5) is 33.8. The summed E-state index contributed by atoms with van der Waals surface area (Å²) in [6.45, 7) is 2.10. The second-order valence-corrected chi connectivity index (χ2v) is 6.64. The minimum atomic E-state index is -1.08. The van der Waals surface area contributed by atoms with E-state index in [1.165, 1.54) is 16.7 Å². The summed E-state index contributed by atoms with van der Waals surface area (Å²) in [6, 6.07) is 9.24. The molecule has 0 saturated heterocycles. The van der Waals surface area contributed by atoms with Crippen molar-refractivity contribution in [2.45, 2.75) is 6.92 Å². The molecule has 1 aliphatic heterocycles. The lowest BCUT2D eigenvalue weighted by atomic mass is 10.2. The number of benzene rings is 1. The molecule has 1 N–H and O–H groups in total. The van der Waals surface area contributed by atoms with Crippen LogP contribution in [0, 0.1) is 6.92 Å². The van der Waals surface area contributed by atoms with Crippen LogP contribution >= 0.6 is 11.8 Å². The van der Waals surface area contributed by atoms with Gasteiger partial charge in [-0.05, 0) is 19.1 Å². The fourth-order valence-corrected chi connectivity index (χ4v) is 3.30. The average Bonchev–Trinajstić information content (AvgIpc) is 3.23. The van der Waals surface area contributed by atoms with Crippen molar-refractivity contribution in [2.24, 2.45) is 4.99 Å². The van der Waals surface area contributed by atoms with Gasteiger partial charge < -0.3 is 14.4 Å². The van der Waals surface area contributed by atoms with Crippen LogP contribution < -0.4 is 0 Å². The zero-order chi connectivity index (χ0) is 17.8. The van der Waals surface area contributed by atoms with Crippen molar-refractivity contribution in [3.8, 4) is 11.5 Å². The maximum atomic E-state index is 12.8. The first-order chi connectivity index (χ1) is 12.0. The minimum Gasteiger partial charge on any atom is -0.480 e. The number of thioether (sulfide) groups is 1. The first-order valence-corrected chi connectivity index (χ1v) is 8.73. The number of aromatic nitrogens is 1. The first kappa shape index (κ1) is 17.2. The van der Waals surface area contributed by atoms with Gasteiger partial charge in [-0.1, -0.05) is 18.2 Å². The Morgan fingerprint density at radius 3 is 2.72 bits per heavy atom. The predicted octanol–water partition coefficient (Wildman–Crippen LogP) is 2.32. The quantitative estimate of drug-likeness (QED) is 0.850. The van der Waals surface area contributed by atoms with Gasteiger partial charge in [0, 0.05) is 17.9 Å². The molecule has 0 fully saturated rings. The highest BCUT2D eigenvalue weighted by atomic mass is 32.2. The fourth-order valence-electron chi connectivity index (χ4n) is 2.45. The molecule has 0 saturated carbocycles. The molecular formula is C17H17N3O4S. The number of carboxylic acid groups (broad SMARTS) is 1. The molecule has 1 aromatic heterocycles. The van der Waals surface area contributed by atoms with Gasteiger partial charge in [-0.25, -0.2) is 4.98 Å². The Labute approximate surface area is 148 Å². The Hall–Kier alpha value is -2.61. The van der Waals surface area contributed by atoms with E-state index in [0.29, 0.717) is 18.2 Å². The van der Waals surface area contributed by atoms with E-state index in [9.17, 15) is 9.59 Å². The first-order valence-electron chi connectivity index (χ1n) is 7.74. The number of carbonyl (C=O) groups excluding carboxylic acids is 1. The van der Waals surface area contributed by atoms with Crippen molar-refractivity contribution in [1.82, 2.24) is 9.88 Å². The van der Waals surface area contributed by atoms with Crippen LogP contribution in [0.5, 0.6) is 0 Å². The number of carbonyl (C=O) groups is 2. The van der Waals surface area contributed by atoms with E-state index in [1.807, 2.05) is 30.3 Å². The monoisotopic (exact) mass is 359 g/mol. The lowest BCUT2D eigenvalue weighted by Crippen LogP contribution is -2.39. The van der Waals surface area contributed by atoms with Gasteiger partial charge in [0.05, 0.1) is 11.6 Å². The zero-order valence-corrected chi connectivity index (χ0v) is 14.5. The highest BCUT2D eigenvalue weighted by Gasteiger charge is 2.26. The van der Waals surface area contributed by atoms with Crippen molar-refractivity contribution in [3.05, 3.63) is 41.8 Å². The molecule has 0 bridgehead atoms. The van der Waals surface area contributed by atoms with Crippen molar-refractivity contribution in [1.29, 1.82) is 0 Å². The molecule has 7 nitrogen and oxygen atoms in total. The van der Waals surface area contributed by atoms with Crippen LogP contribution in [0.1, 0.15) is 16.2 Å². The number of carboxylic acids is 1. The molecule has 0 spiro atoms. The van der Waals surface area contributed by atoms with Crippen molar-refractivity contribution in [3.63, 3.8) is 0 Å². The van der Waals surface area contributed by atoms with Crippen LogP contribution in [0.25, 0.3) is 11.5 Å². The smallest absolute Gasteiger partial charge is 0.323 e. The number of nitrogens with zero attached hydrogens (tertiary/aromatic N) is 3. The van der Waals surface area contributed by atoms with E-state index in [4.69, 9.17) is 9.52 Å². The summed E-state index contributed by atoms with van der Waals surface area (Å²) in [6.07, 6.45) is 0. The Bertz CT molecular complexity index is 817. The molecule has 0 radical (unpaired) electrons. The van der Waals surface area contributed by atoms with Gasteiger partial charge in [0.2, 0.25) is 5.89 Å². The Morgan fingerprint density at radius 1 is 1.32 bits per heavy atom. The maximum absolute atomic E-state index is 12.8. The van der Waals surface area contributed by atoms with Crippen LogP contribution in [0.15, 0.2) is 39.7 Å². The number of amides is 1. The van der Waals surface area contributed by atoms with E-state index in [2.05, 4.69) is 9.98 Å². The number of rotatable bonds is 6. The molecule has 1 aliphatic rings. The lowest BCUT2D eigenvalue weighted by Gasteiger charge is -2.19. The van der Waals surface area contributed by atoms with E-state index < -0.39 is 18.4 Å². The highest BCUT2D eigenvalue weighted by Crippen LogP contribution is 2.23. The normalized spacial score (nSPS) is 13.6. The summed E-state index contributed by atoms with van der Waals surface area (Å²) >= 11 is 1.54. The van der Waals surface area contributed by atoms with Crippen molar-refractivity contribution >= 4 is 28.7 Å². The molecule has 0 atom stereocenters. The third kappa shape index (κ3) is 4.08. The summed E-state index contributed by atoms with van der Waals surface area (Å²) < 4.78 is 5.61. The third-order valence-electron chi connectivity index (χ3n) is 3.61. The summed E-state index contributed by atoms with van der Waals surface area (Å²) in [5.41, 5.74) is 0.883. The van der Waals surface area contributed by atoms with Gasteiger partial charge in [0.25, 0.3) is 5.91 Å². The molecule has 0 unspecified atom stereocenters. The van der Waals surface area contributed by atoms with E-state index in [1.54, 1.807) is 6.92 Å². The van der Waals surface area contributed by atoms with Crippen molar-refractivity contribution in [2.75, 3.05) is 25.4 Å². The molecule has 0 aliphatic carbocycles. The molecule has 2 aromatic rings. The van der Waals surface area contributed by atoms with Gasteiger partial charge in [0.15, 0.2) is 5.69 Å². The summed E-state index contributed by atoms with van der Waals surface area (Å²) in [5.74, 6) is -0.00190. The summed E-state index contributed by atoms with van der Waals surface area (Å²) in [5, 5.41) is 9.88. The van der Waals surface area contributed by atoms with Crippen LogP contribution in [0.3, 0.4) is 0 Å². The molecular weight excluding hydrogens is 342 g/mol. The van der Waals surface area contributed by atoms with Gasteiger partial charge >= 0.3 is 5.97 Å². The molecule has 1 aromatic carbocycles. The molecule has 3 rings (SSSR count). The second kappa shape index (κ2) is 7.52. The van der Waals surface area contributed by atoms with Crippen LogP contribution in [0.4, 0.5) is 0 Å². The van der Waals surface area contributed by atoms with E-state index in [0.717, 1.165) is 16.4 Å². The maximum Gasteiger partial charge on any atom is 0.323 e. The average molecular weight is 359 g/mol. The van der Waals surface area contributed by atoms with Crippen LogP contribution in [0.2, 0.25) is 0 Å². The van der Waals surface area contributed by atoms with Gasteiger partial charge in [0.1, 0.15) is 12.3 Å². The number of aryl methyl sites for hydroxylation is 1. The zero-order valence-electron chi connectivity index (χ0n) is 13.6. The SMILES string of the molecule is Cc1oc(-c2ccccc2)nc1C(=O)N(CC(=O)O)CC1=NCCS1. The standard InChI is InChI=1S/C17H17N3O4S/c1-11-15(19-16(24-11)12-5-3-2-4-6-12)17(23)20(10-14(21)22)9-13-18-7-8-25-13/h2-6H,7-10H2,1H3,(H,21,22). The molecule has 25 heavy (non-hydrogen) atoms. The number of oxazole rings is 1. The van der Waals surface area contributed by atoms with Gasteiger partial charge in [-0.2, -0.15) is 0 Å². The number of hydrogen-bond donors (Lipinski definition) is 1. The fraction of sp³-hybridized carbons (Fsp3) is 0.294. The summed E-state index contributed by atoms with van der Waals surface area (Å²) in [7, 11) is 0. The van der Waals surface area contributed by atoms with Crippen LogP contribution in [-0.2, 0) is 4.79 Å². The lowest BCUT2D eigenvalue weighted by molar-refractivity contribution is -0.137. The molecule has 2 heterocycles. The number of aliphatic imine (C=N–C) groups is 1. The van der Waals surface area contributed by atoms with E-state index >= 15 is 0 Å². The molecule has 130 valence electrons. The largest absolute Gasteiger partial charge is 0.480 e. The minimum absolute atomic E-state index is 0.128. The van der Waals surface area contributed by atoms with Gasteiger partial charge in [-0.3, -0.25) is 14.6 Å². The Morgan fingerprint density at radius 2 is 2.08 bits per heavy atom. The van der Waals surface area contributed by atoms with Crippen molar-refractivity contribution < 1.29 is 19.1 Å². The number of aliphatic carboxylic acids is 1. The predicted molar refractivity (Wildman–Crippen MR) is 95.0 cm³/mol. The Balaban J connectivity index is 1.86. The van der Waals surface area contributed by atoms with Crippen LogP contribution in [-0.4, -0.2) is 57.3 Å². The highest BCUT2D eigenvalue weighted by molar-refractivity contribution is 8.14. The topological polar surface area (TPSA) is 96.0 Å². The molecule has 8 heteroatoms. The molecule has 1 amide bonds.